The summed E-state index contributed by atoms with van der Waals surface area (Å²) >= 11 is 0. The molecule has 0 radical (unpaired) electrons. The van der Waals surface area contributed by atoms with Gasteiger partial charge in [-0.3, -0.25) is 9.69 Å². The minimum absolute atomic E-state index is 0.268. The van der Waals surface area contributed by atoms with E-state index < -0.39 is 0 Å². The first-order chi connectivity index (χ1) is 11.1. The number of primary amides is 1. The summed E-state index contributed by atoms with van der Waals surface area (Å²) in [7, 11) is 0. The van der Waals surface area contributed by atoms with Crippen LogP contribution in [0.4, 0.5) is 5.69 Å². The van der Waals surface area contributed by atoms with Gasteiger partial charge in [-0.15, -0.1) is 0 Å². The summed E-state index contributed by atoms with van der Waals surface area (Å²) in [5.74, 6) is -0.0498. The molecular weight excluding hydrogens is 290 g/mol. The lowest BCUT2D eigenvalue weighted by atomic mass is 10.0. The van der Waals surface area contributed by atoms with Crippen LogP contribution in [-0.4, -0.2) is 42.1 Å². The molecule has 0 aromatic heterocycles. The topological polar surface area (TPSA) is 69.8 Å². The van der Waals surface area contributed by atoms with E-state index in [9.17, 15) is 9.90 Å². The van der Waals surface area contributed by atoms with Crippen LogP contribution in [-0.2, 0) is 4.79 Å². The molecule has 1 heterocycles. The van der Waals surface area contributed by atoms with Crippen molar-refractivity contribution in [3.05, 3.63) is 60.2 Å². The molecular formula is C18H21N3O2. The largest absolute Gasteiger partial charge is 0.508 e. The van der Waals surface area contributed by atoms with Crippen LogP contribution in [0.25, 0.3) is 0 Å². The van der Waals surface area contributed by atoms with E-state index in [4.69, 9.17) is 5.73 Å². The molecule has 0 aliphatic carbocycles. The molecule has 5 heteroatoms. The molecule has 0 spiro atoms. The van der Waals surface area contributed by atoms with E-state index in [-0.39, 0.29) is 17.7 Å². The van der Waals surface area contributed by atoms with Gasteiger partial charge in [0, 0.05) is 37.9 Å². The van der Waals surface area contributed by atoms with Gasteiger partial charge >= 0.3 is 0 Å². The summed E-state index contributed by atoms with van der Waals surface area (Å²) in [6.45, 7) is 3.08. The molecule has 1 fully saturated rings. The van der Waals surface area contributed by atoms with Gasteiger partial charge in [-0.2, -0.15) is 0 Å². The number of phenols is 1. The second kappa shape index (κ2) is 6.71. The molecule has 0 saturated carbocycles. The average Bonchev–Trinajstić information content (AvgIpc) is 2.56. The third-order valence-corrected chi connectivity index (χ3v) is 4.26. The molecule has 2 aromatic carbocycles. The fourth-order valence-electron chi connectivity index (χ4n) is 3.12. The monoisotopic (exact) mass is 311 g/mol. The summed E-state index contributed by atoms with van der Waals surface area (Å²) in [6.07, 6.45) is 0. The van der Waals surface area contributed by atoms with Crippen LogP contribution in [0.5, 0.6) is 5.75 Å². The molecule has 1 aliphatic heterocycles. The van der Waals surface area contributed by atoms with Crippen LogP contribution >= 0.6 is 0 Å². The normalized spacial score (nSPS) is 17.0. The third-order valence-electron chi connectivity index (χ3n) is 4.26. The molecule has 1 atom stereocenters. The number of nitrogens with two attached hydrogens (primary N) is 1. The van der Waals surface area contributed by atoms with Crippen molar-refractivity contribution in [3.8, 4) is 5.75 Å². The SMILES string of the molecule is NC(=O)C(c1ccccc1)N1CCN(c2cccc(O)c2)CC1. The maximum absolute atomic E-state index is 11.9. The van der Waals surface area contributed by atoms with Gasteiger partial charge in [0.1, 0.15) is 11.8 Å². The zero-order chi connectivity index (χ0) is 16.2. The van der Waals surface area contributed by atoms with Gasteiger partial charge < -0.3 is 15.7 Å². The Bertz CT molecular complexity index is 667. The number of hydrogen-bond donors (Lipinski definition) is 2. The van der Waals surface area contributed by atoms with Crippen LogP contribution in [0.3, 0.4) is 0 Å². The Labute approximate surface area is 135 Å². The molecule has 5 nitrogen and oxygen atoms in total. The molecule has 1 saturated heterocycles. The highest BCUT2D eigenvalue weighted by atomic mass is 16.3. The number of phenolic OH excluding ortho intramolecular Hbond substituents is 1. The number of nitrogens with zero attached hydrogens (tertiary/aromatic N) is 2. The van der Waals surface area contributed by atoms with Gasteiger partial charge in [0.2, 0.25) is 5.91 Å². The zero-order valence-corrected chi connectivity index (χ0v) is 12.9. The predicted molar refractivity (Wildman–Crippen MR) is 90.3 cm³/mol. The first-order valence-corrected chi connectivity index (χ1v) is 7.77. The summed E-state index contributed by atoms with van der Waals surface area (Å²) < 4.78 is 0. The van der Waals surface area contributed by atoms with E-state index in [2.05, 4.69) is 9.80 Å². The first kappa shape index (κ1) is 15.4. The maximum atomic E-state index is 11.9. The second-order valence-electron chi connectivity index (χ2n) is 5.76. The fraction of sp³-hybridized carbons (Fsp3) is 0.278. The van der Waals surface area contributed by atoms with E-state index in [0.717, 1.165) is 37.4 Å². The highest BCUT2D eigenvalue weighted by molar-refractivity contribution is 5.81. The van der Waals surface area contributed by atoms with Crippen LogP contribution < -0.4 is 10.6 Å². The van der Waals surface area contributed by atoms with Gasteiger partial charge in [0.15, 0.2) is 0 Å². The van der Waals surface area contributed by atoms with Crippen LogP contribution in [0, 0.1) is 0 Å². The Morgan fingerprint density at radius 2 is 1.70 bits per heavy atom. The van der Waals surface area contributed by atoms with Crippen molar-refractivity contribution < 1.29 is 9.90 Å². The molecule has 120 valence electrons. The Morgan fingerprint density at radius 3 is 2.30 bits per heavy atom. The van der Waals surface area contributed by atoms with E-state index in [1.807, 2.05) is 42.5 Å². The Kier molecular flexibility index (Phi) is 4.48. The molecule has 2 aromatic rings. The lowest BCUT2D eigenvalue weighted by Crippen LogP contribution is -2.50. The van der Waals surface area contributed by atoms with E-state index in [1.54, 1.807) is 12.1 Å². The third kappa shape index (κ3) is 3.46. The summed E-state index contributed by atoms with van der Waals surface area (Å²) in [4.78, 5) is 16.3. The van der Waals surface area contributed by atoms with Crippen molar-refractivity contribution in [2.45, 2.75) is 6.04 Å². The van der Waals surface area contributed by atoms with Crippen molar-refractivity contribution in [3.63, 3.8) is 0 Å². The van der Waals surface area contributed by atoms with Crippen LogP contribution in [0.2, 0.25) is 0 Å². The summed E-state index contributed by atoms with van der Waals surface area (Å²) in [6, 6.07) is 16.5. The number of carbonyl (C=O) groups excluding carboxylic acids is 1. The number of piperazine rings is 1. The smallest absolute Gasteiger partial charge is 0.239 e. The number of benzene rings is 2. The molecule has 3 rings (SSSR count). The van der Waals surface area contributed by atoms with Crippen LogP contribution in [0.1, 0.15) is 11.6 Å². The highest BCUT2D eigenvalue weighted by Crippen LogP contribution is 2.25. The molecule has 23 heavy (non-hydrogen) atoms. The van der Waals surface area contributed by atoms with Gasteiger partial charge in [0.25, 0.3) is 0 Å². The predicted octanol–water partition coefficient (Wildman–Crippen LogP) is 1.74. The highest BCUT2D eigenvalue weighted by Gasteiger charge is 2.28. The fourth-order valence-corrected chi connectivity index (χ4v) is 3.12. The Balaban J connectivity index is 1.71. The minimum atomic E-state index is -0.387. The maximum Gasteiger partial charge on any atom is 0.239 e. The lowest BCUT2D eigenvalue weighted by Gasteiger charge is -2.39. The van der Waals surface area contributed by atoms with Crippen molar-refractivity contribution in [1.29, 1.82) is 0 Å². The standard InChI is InChI=1S/C18H21N3O2/c19-18(23)17(14-5-2-1-3-6-14)21-11-9-20(10-12-21)15-7-4-8-16(22)13-15/h1-8,13,17,22H,9-12H2,(H2,19,23). The molecule has 1 amide bonds. The number of amides is 1. The van der Waals surface area contributed by atoms with E-state index >= 15 is 0 Å². The van der Waals surface area contributed by atoms with Crippen molar-refractivity contribution >= 4 is 11.6 Å². The Hall–Kier alpha value is -2.53. The molecule has 1 aliphatic rings. The lowest BCUT2D eigenvalue weighted by molar-refractivity contribution is -0.123. The average molecular weight is 311 g/mol. The molecule has 1 unspecified atom stereocenters. The second-order valence-corrected chi connectivity index (χ2v) is 5.76. The number of anilines is 1. The van der Waals surface area contributed by atoms with Gasteiger partial charge in [-0.1, -0.05) is 36.4 Å². The molecule has 0 bridgehead atoms. The number of rotatable bonds is 4. The number of carbonyl (C=O) groups is 1. The minimum Gasteiger partial charge on any atom is -0.508 e. The van der Waals surface area contributed by atoms with Crippen LogP contribution in [0.15, 0.2) is 54.6 Å². The van der Waals surface area contributed by atoms with Crippen molar-refractivity contribution in [2.24, 2.45) is 5.73 Å². The van der Waals surface area contributed by atoms with E-state index in [1.165, 1.54) is 0 Å². The zero-order valence-electron chi connectivity index (χ0n) is 12.9. The first-order valence-electron chi connectivity index (χ1n) is 7.77. The van der Waals surface area contributed by atoms with Gasteiger partial charge in [-0.25, -0.2) is 0 Å². The Morgan fingerprint density at radius 1 is 1.00 bits per heavy atom. The summed E-state index contributed by atoms with van der Waals surface area (Å²) in [5, 5.41) is 9.61. The van der Waals surface area contributed by atoms with Crippen molar-refractivity contribution in [1.82, 2.24) is 4.90 Å². The number of aromatic hydroxyl groups is 1. The van der Waals surface area contributed by atoms with E-state index in [0.29, 0.717) is 0 Å². The quantitative estimate of drug-likeness (QED) is 0.902. The summed E-state index contributed by atoms with van der Waals surface area (Å²) in [5.41, 5.74) is 7.57. The molecule has 3 N–H and O–H groups in total. The number of hydrogen-bond acceptors (Lipinski definition) is 4. The van der Waals surface area contributed by atoms with Gasteiger partial charge in [-0.05, 0) is 17.7 Å². The van der Waals surface area contributed by atoms with Crippen molar-refractivity contribution in [2.75, 3.05) is 31.1 Å². The van der Waals surface area contributed by atoms with Gasteiger partial charge in [0.05, 0.1) is 0 Å².